The highest BCUT2D eigenvalue weighted by atomic mass is 32.2. The third-order valence-corrected chi connectivity index (χ3v) is 5.30. The molecule has 1 rings (SSSR count). The van der Waals surface area contributed by atoms with Gasteiger partial charge >= 0.3 is 0 Å². The van der Waals surface area contributed by atoms with E-state index in [1.165, 1.54) is 10.6 Å². The quantitative estimate of drug-likeness (QED) is 0.378. The second kappa shape index (κ2) is 11.0. The molecule has 0 fully saturated rings. The number of aliphatic imine (C=N–C) groups is 1. The van der Waals surface area contributed by atoms with Crippen molar-refractivity contribution in [2.75, 3.05) is 46.6 Å². The van der Waals surface area contributed by atoms with E-state index in [-0.39, 0.29) is 0 Å². The second-order valence-electron chi connectivity index (χ2n) is 6.02. The Morgan fingerprint density at radius 1 is 1.23 bits per heavy atom. The van der Waals surface area contributed by atoms with Crippen LogP contribution in [0.4, 0.5) is 0 Å². The van der Waals surface area contributed by atoms with Crippen molar-refractivity contribution in [3.8, 4) is 5.75 Å². The van der Waals surface area contributed by atoms with Gasteiger partial charge in [0.15, 0.2) is 5.96 Å². The second-order valence-corrected chi connectivity index (χ2v) is 8.00. The standard InChI is InChI=1S/C18H32N4O3S/c1-6-22(26(5,23)24)14-8-13-20-18(19-3)21(4)15-16-9-11-17(12-10-16)25-7-2/h9-12H,6-8,13-15H2,1-5H3,(H,19,20). The van der Waals surface area contributed by atoms with E-state index in [0.717, 1.165) is 30.2 Å². The first-order valence-electron chi connectivity index (χ1n) is 8.90. The summed E-state index contributed by atoms with van der Waals surface area (Å²) in [6.07, 6.45) is 1.96. The first kappa shape index (κ1) is 22.2. The third kappa shape index (κ3) is 7.61. The molecule has 148 valence electrons. The van der Waals surface area contributed by atoms with Gasteiger partial charge in [-0.05, 0) is 31.0 Å². The summed E-state index contributed by atoms with van der Waals surface area (Å²) >= 11 is 0. The van der Waals surface area contributed by atoms with E-state index in [2.05, 4.69) is 10.3 Å². The molecule has 1 aromatic carbocycles. The summed E-state index contributed by atoms with van der Waals surface area (Å²) < 4.78 is 30.1. The van der Waals surface area contributed by atoms with Crippen LogP contribution in [0.15, 0.2) is 29.3 Å². The summed E-state index contributed by atoms with van der Waals surface area (Å²) in [5.74, 6) is 1.65. The van der Waals surface area contributed by atoms with E-state index in [9.17, 15) is 8.42 Å². The van der Waals surface area contributed by atoms with Crippen LogP contribution < -0.4 is 10.1 Å². The van der Waals surface area contributed by atoms with Crippen LogP contribution in [0.5, 0.6) is 5.75 Å². The number of nitrogens with one attached hydrogen (secondary N) is 1. The van der Waals surface area contributed by atoms with Gasteiger partial charge in [0, 0.05) is 40.3 Å². The smallest absolute Gasteiger partial charge is 0.211 e. The van der Waals surface area contributed by atoms with Crippen molar-refractivity contribution in [2.45, 2.75) is 26.8 Å². The van der Waals surface area contributed by atoms with Crippen molar-refractivity contribution in [3.63, 3.8) is 0 Å². The molecule has 8 heteroatoms. The molecule has 7 nitrogen and oxygen atoms in total. The van der Waals surface area contributed by atoms with Crippen molar-refractivity contribution < 1.29 is 13.2 Å². The largest absolute Gasteiger partial charge is 0.494 e. The Kier molecular flexibility index (Phi) is 9.43. The SMILES string of the molecule is CCOc1ccc(CN(C)C(=NC)NCCCN(CC)S(C)(=O)=O)cc1. The highest BCUT2D eigenvalue weighted by molar-refractivity contribution is 7.88. The maximum atomic E-state index is 11.6. The highest BCUT2D eigenvalue weighted by Crippen LogP contribution is 2.13. The van der Waals surface area contributed by atoms with E-state index < -0.39 is 10.0 Å². The Bertz CT molecular complexity index is 660. The minimum absolute atomic E-state index is 0.491. The Labute approximate surface area is 158 Å². The molecule has 1 N–H and O–H groups in total. The lowest BCUT2D eigenvalue weighted by molar-refractivity contribution is 0.340. The molecule has 0 aliphatic heterocycles. The van der Waals surface area contributed by atoms with Gasteiger partial charge < -0.3 is 15.0 Å². The Balaban J connectivity index is 2.47. The fourth-order valence-corrected chi connectivity index (χ4v) is 3.54. The van der Waals surface area contributed by atoms with E-state index in [1.807, 2.05) is 50.1 Å². The molecule has 26 heavy (non-hydrogen) atoms. The molecular weight excluding hydrogens is 352 g/mol. The van der Waals surface area contributed by atoms with Gasteiger partial charge in [0.05, 0.1) is 12.9 Å². The molecule has 0 amide bonds. The van der Waals surface area contributed by atoms with E-state index in [0.29, 0.717) is 26.2 Å². The molecule has 0 bridgehead atoms. The van der Waals surface area contributed by atoms with Crippen molar-refractivity contribution >= 4 is 16.0 Å². The summed E-state index contributed by atoms with van der Waals surface area (Å²) in [5, 5.41) is 3.28. The minimum atomic E-state index is -3.13. The van der Waals surface area contributed by atoms with Crippen molar-refractivity contribution in [1.29, 1.82) is 0 Å². The number of rotatable bonds is 10. The van der Waals surface area contributed by atoms with Gasteiger partial charge in [0.1, 0.15) is 5.75 Å². The molecule has 0 unspecified atom stereocenters. The van der Waals surface area contributed by atoms with Gasteiger partial charge in [-0.25, -0.2) is 12.7 Å². The molecule has 0 radical (unpaired) electrons. The van der Waals surface area contributed by atoms with Crippen LogP contribution in [-0.2, 0) is 16.6 Å². The fourth-order valence-electron chi connectivity index (χ4n) is 2.61. The molecule has 0 aliphatic carbocycles. The van der Waals surface area contributed by atoms with Crippen LogP contribution in [0.3, 0.4) is 0 Å². The lowest BCUT2D eigenvalue weighted by Gasteiger charge is -2.23. The van der Waals surface area contributed by atoms with Crippen LogP contribution in [0.1, 0.15) is 25.8 Å². The van der Waals surface area contributed by atoms with Crippen LogP contribution in [0.25, 0.3) is 0 Å². The normalized spacial score (nSPS) is 12.3. The fraction of sp³-hybridized carbons (Fsp3) is 0.611. The molecule has 0 aromatic heterocycles. The maximum Gasteiger partial charge on any atom is 0.211 e. The number of hydrogen-bond acceptors (Lipinski definition) is 4. The average Bonchev–Trinajstić information content (AvgIpc) is 2.59. The predicted molar refractivity (Wildman–Crippen MR) is 107 cm³/mol. The average molecular weight is 385 g/mol. The first-order valence-corrected chi connectivity index (χ1v) is 10.7. The topological polar surface area (TPSA) is 74.2 Å². The summed E-state index contributed by atoms with van der Waals surface area (Å²) in [5.41, 5.74) is 1.16. The van der Waals surface area contributed by atoms with Crippen LogP contribution in [0, 0.1) is 0 Å². The van der Waals surface area contributed by atoms with Crippen molar-refractivity contribution in [2.24, 2.45) is 4.99 Å². The number of hydrogen-bond donors (Lipinski definition) is 1. The Morgan fingerprint density at radius 3 is 2.38 bits per heavy atom. The minimum Gasteiger partial charge on any atom is -0.494 e. The van der Waals surface area contributed by atoms with Gasteiger partial charge in [0.2, 0.25) is 10.0 Å². The van der Waals surface area contributed by atoms with Gasteiger partial charge in [-0.3, -0.25) is 4.99 Å². The van der Waals surface area contributed by atoms with Crippen LogP contribution in [-0.4, -0.2) is 70.2 Å². The number of sulfonamides is 1. The maximum absolute atomic E-state index is 11.6. The Morgan fingerprint density at radius 2 is 1.88 bits per heavy atom. The lowest BCUT2D eigenvalue weighted by Crippen LogP contribution is -2.40. The number of nitrogens with zero attached hydrogens (tertiary/aromatic N) is 3. The molecule has 0 atom stereocenters. The molecule has 0 saturated carbocycles. The van der Waals surface area contributed by atoms with Crippen molar-refractivity contribution in [3.05, 3.63) is 29.8 Å². The third-order valence-electron chi connectivity index (χ3n) is 3.92. The molecule has 0 heterocycles. The van der Waals surface area contributed by atoms with Gasteiger partial charge in [0.25, 0.3) is 0 Å². The van der Waals surface area contributed by atoms with E-state index in [4.69, 9.17) is 4.74 Å². The molecule has 0 aliphatic rings. The zero-order chi connectivity index (χ0) is 19.6. The zero-order valence-electron chi connectivity index (χ0n) is 16.5. The summed E-state index contributed by atoms with van der Waals surface area (Å²) in [6.45, 7) is 6.84. The highest BCUT2D eigenvalue weighted by Gasteiger charge is 2.13. The van der Waals surface area contributed by atoms with Crippen molar-refractivity contribution in [1.82, 2.24) is 14.5 Å². The molecular formula is C18H32N4O3S. The Hall–Kier alpha value is -1.80. The molecule has 0 spiro atoms. The predicted octanol–water partition coefficient (Wildman–Crippen LogP) is 1.76. The van der Waals surface area contributed by atoms with Gasteiger partial charge in [-0.15, -0.1) is 0 Å². The van der Waals surface area contributed by atoms with Gasteiger partial charge in [-0.1, -0.05) is 19.1 Å². The number of benzene rings is 1. The molecule has 0 saturated heterocycles. The van der Waals surface area contributed by atoms with E-state index in [1.54, 1.807) is 7.05 Å². The summed E-state index contributed by atoms with van der Waals surface area (Å²) in [7, 11) is 0.583. The summed E-state index contributed by atoms with van der Waals surface area (Å²) in [6, 6.07) is 8.01. The van der Waals surface area contributed by atoms with Crippen LogP contribution in [0.2, 0.25) is 0 Å². The summed E-state index contributed by atoms with van der Waals surface area (Å²) in [4.78, 5) is 6.32. The number of ether oxygens (including phenoxy) is 1. The van der Waals surface area contributed by atoms with E-state index >= 15 is 0 Å². The first-order chi connectivity index (χ1) is 12.3. The monoisotopic (exact) mass is 384 g/mol. The zero-order valence-corrected chi connectivity index (χ0v) is 17.3. The van der Waals surface area contributed by atoms with Gasteiger partial charge in [-0.2, -0.15) is 0 Å². The lowest BCUT2D eigenvalue weighted by atomic mass is 10.2. The number of guanidine groups is 1. The molecule has 1 aromatic rings. The van der Waals surface area contributed by atoms with Crippen LogP contribution >= 0.6 is 0 Å².